The minimum atomic E-state index is -4.51. The second-order valence-corrected chi connectivity index (χ2v) is 5.11. The van der Waals surface area contributed by atoms with E-state index in [-0.39, 0.29) is 11.3 Å². The van der Waals surface area contributed by atoms with Gasteiger partial charge in [-0.05, 0) is 43.2 Å². The van der Waals surface area contributed by atoms with Crippen molar-refractivity contribution >= 4 is 0 Å². The van der Waals surface area contributed by atoms with Crippen LogP contribution in [0.5, 0.6) is 0 Å². The Kier molecular flexibility index (Phi) is 3.49. The molecule has 0 saturated heterocycles. The number of hydrogen-bond donors (Lipinski definition) is 1. The monoisotopic (exact) mass is 299 g/mol. The molecule has 6 heteroatoms. The summed E-state index contributed by atoms with van der Waals surface area (Å²) >= 11 is 0. The van der Waals surface area contributed by atoms with Crippen LogP contribution < -0.4 is 5.32 Å². The average Bonchev–Trinajstić information content (AvgIpc) is 3.13. The van der Waals surface area contributed by atoms with Gasteiger partial charge in [-0.1, -0.05) is 0 Å². The smallest absolute Gasteiger partial charge is 0.416 e. The molecule has 0 bridgehead atoms. The predicted molar refractivity (Wildman–Crippen MR) is 69.0 cm³/mol. The zero-order valence-electron chi connectivity index (χ0n) is 11.0. The van der Waals surface area contributed by atoms with Crippen molar-refractivity contribution in [2.45, 2.75) is 31.6 Å². The van der Waals surface area contributed by atoms with E-state index in [1.807, 2.05) is 0 Å². The van der Waals surface area contributed by atoms with E-state index in [0.29, 0.717) is 18.3 Å². The van der Waals surface area contributed by atoms with Gasteiger partial charge in [0.15, 0.2) is 0 Å². The predicted octanol–water partition coefficient (Wildman–Crippen LogP) is 4.36. The van der Waals surface area contributed by atoms with Crippen molar-refractivity contribution < 1.29 is 22.0 Å². The lowest BCUT2D eigenvalue weighted by Crippen LogP contribution is -2.14. The number of hydrogen-bond acceptors (Lipinski definition) is 2. The van der Waals surface area contributed by atoms with Crippen molar-refractivity contribution in [1.29, 1.82) is 0 Å². The van der Waals surface area contributed by atoms with E-state index in [1.165, 1.54) is 6.07 Å². The lowest BCUT2D eigenvalue weighted by Gasteiger charge is -2.08. The molecule has 1 aliphatic rings. The van der Waals surface area contributed by atoms with E-state index in [2.05, 4.69) is 5.32 Å². The quantitative estimate of drug-likeness (QED) is 0.849. The summed E-state index contributed by atoms with van der Waals surface area (Å²) in [4.78, 5) is 0. The maximum atomic E-state index is 13.7. The molecule has 21 heavy (non-hydrogen) atoms. The summed E-state index contributed by atoms with van der Waals surface area (Å²) in [5.74, 6) is -0.0565. The van der Waals surface area contributed by atoms with E-state index in [4.69, 9.17) is 4.42 Å². The van der Waals surface area contributed by atoms with Crippen molar-refractivity contribution in [1.82, 2.24) is 5.32 Å². The third-order valence-electron chi connectivity index (χ3n) is 3.36. The Bertz CT molecular complexity index is 643. The van der Waals surface area contributed by atoms with Crippen molar-refractivity contribution in [2.75, 3.05) is 0 Å². The SMILES string of the molecule is Fc1ccc(C(F)(F)F)cc1-c1ccc(CNC2CC2)o1. The Balaban J connectivity index is 1.84. The van der Waals surface area contributed by atoms with Gasteiger partial charge in [0.05, 0.1) is 17.7 Å². The first kappa shape index (κ1) is 14.1. The number of halogens is 4. The van der Waals surface area contributed by atoms with E-state index >= 15 is 0 Å². The summed E-state index contributed by atoms with van der Waals surface area (Å²) in [5.41, 5.74) is -1.07. The Morgan fingerprint density at radius 1 is 1.14 bits per heavy atom. The van der Waals surface area contributed by atoms with Crippen LogP contribution in [0, 0.1) is 5.82 Å². The molecule has 1 heterocycles. The van der Waals surface area contributed by atoms with Gasteiger partial charge in [0.2, 0.25) is 0 Å². The fraction of sp³-hybridized carbons (Fsp3) is 0.333. The molecule has 1 fully saturated rings. The fourth-order valence-corrected chi connectivity index (χ4v) is 2.04. The van der Waals surface area contributed by atoms with E-state index in [9.17, 15) is 17.6 Å². The molecule has 112 valence electrons. The van der Waals surface area contributed by atoms with Gasteiger partial charge in [-0.15, -0.1) is 0 Å². The third-order valence-corrected chi connectivity index (χ3v) is 3.36. The van der Waals surface area contributed by atoms with Gasteiger partial charge < -0.3 is 9.73 Å². The highest BCUT2D eigenvalue weighted by Gasteiger charge is 2.31. The van der Waals surface area contributed by atoms with E-state index in [1.54, 1.807) is 6.07 Å². The van der Waals surface area contributed by atoms with Gasteiger partial charge in [0.25, 0.3) is 0 Å². The normalized spacial score (nSPS) is 15.4. The highest BCUT2D eigenvalue weighted by molar-refractivity contribution is 5.60. The highest BCUT2D eigenvalue weighted by atomic mass is 19.4. The minimum absolute atomic E-state index is 0.103. The zero-order chi connectivity index (χ0) is 15.0. The molecule has 1 saturated carbocycles. The van der Waals surface area contributed by atoms with Crippen molar-refractivity contribution in [3.8, 4) is 11.3 Å². The Morgan fingerprint density at radius 3 is 2.57 bits per heavy atom. The molecule has 2 aromatic rings. The van der Waals surface area contributed by atoms with Crippen LogP contribution in [0.3, 0.4) is 0 Å². The fourth-order valence-electron chi connectivity index (χ4n) is 2.04. The van der Waals surface area contributed by atoms with Crippen LogP contribution >= 0.6 is 0 Å². The molecule has 1 aromatic heterocycles. The first-order valence-corrected chi connectivity index (χ1v) is 6.63. The van der Waals surface area contributed by atoms with Crippen LogP contribution in [0.15, 0.2) is 34.7 Å². The maximum Gasteiger partial charge on any atom is 0.416 e. The molecule has 0 unspecified atom stereocenters. The molecule has 0 radical (unpaired) electrons. The second-order valence-electron chi connectivity index (χ2n) is 5.11. The summed E-state index contributed by atoms with van der Waals surface area (Å²) < 4.78 is 57.2. The molecule has 3 rings (SSSR count). The third kappa shape index (κ3) is 3.26. The Labute approximate surface area is 118 Å². The summed E-state index contributed by atoms with van der Waals surface area (Å²) in [6, 6.07) is 5.92. The number of nitrogens with one attached hydrogen (secondary N) is 1. The molecule has 0 aliphatic heterocycles. The van der Waals surface area contributed by atoms with Crippen LogP contribution in [0.1, 0.15) is 24.2 Å². The molecule has 0 amide bonds. The standard InChI is InChI=1S/C15H13F4NO/c16-13-5-1-9(15(17,18)19)7-12(13)14-6-4-11(21-14)8-20-10-2-3-10/h1,4-7,10,20H,2-3,8H2. The van der Waals surface area contributed by atoms with Gasteiger partial charge in [-0.2, -0.15) is 13.2 Å². The molecule has 0 spiro atoms. The van der Waals surface area contributed by atoms with Gasteiger partial charge in [-0.3, -0.25) is 0 Å². The summed E-state index contributed by atoms with van der Waals surface area (Å²) in [6.07, 6.45) is -2.27. The van der Waals surface area contributed by atoms with Crippen LogP contribution in [-0.2, 0) is 12.7 Å². The molecule has 0 atom stereocenters. The number of alkyl halides is 3. The molecule has 2 nitrogen and oxygen atoms in total. The minimum Gasteiger partial charge on any atom is -0.460 e. The highest BCUT2D eigenvalue weighted by Crippen LogP contribution is 2.34. The number of furan rings is 1. The van der Waals surface area contributed by atoms with Crippen LogP contribution in [0.25, 0.3) is 11.3 Å². The topological polar surface area (TPSA) is 25.2 Å². The molecular weight excluding hydrogens is 286 g/mol. The van der Waals surface area contributed by atoms with E-state index < -0.39 is 17.6 Å². The van der Waals surface area contributed by atoms with Crippen LogP contribution in [0.2, 0.25) is 0 Å². The van der Waals surface area contributed by atoms with Crippen LogP contribution in [0.4, 0.5) is 17.6 Å². The Hall–Kier alpha value is -1.82. The zero-order valence-corrected chi connectivity index (χ0v) is 11.0. The molecular formula is C15H13F4NO. The summed E-state index contributed by atoms with van der Waals surface area (Å²) in [7, 11) is 0. The molecule has 1 aliphatic carbocycles. The van der Waals surface area contributed by atoms with Gasteiger partial charge in [-0.25, -0.2) is 4.39 Å². The van der Waals surface area contributed by atoms with Crippen molar-refractivity contribution in [2.24, 2.45) is 0 Å². The number of benzene rings is 1. The maximum absolute atomic E-state index is 13.7. The van der Waals surface area contributed by atoms with Crippen LogP contribution in [-0.4, -0.2) is 6.04 Å². The molecule has 1 N–H and O–H groups in total. The summed E-state index contributed by atoms with van der Waals surface area (Å²) in [5, 5.41) is 3.22. The Morgan fingerprint density at radius 2 is 1.90 bits per heavy atom. The van der Waals surface area contributed by atoms with Crippen molar-refractivity contribution in [3.63, 3.8) is 0 Å². The first-order chi connectivity index (χ1) is 9.93. The average molecular weight is 299 g/mol. The lowest BCUT2D eigenvalue weighted by atomic mass is 10.1. The summed E-state index contributed by atoms with van der Waals surface area (Å²) in [6.45, 7) is 0.491. The second kappa shape index (κ2) is 5.18. The van der Waals surface area contributed by atoms with Crippen molar-refractivity contribution in [3.05, 3.63) is 47.5 Å². The molecule has 1 aromatic carbocycles. The first-order valence-electron chi connectivity index (χ1n) is 6.63. The van der Waals surface area contributed by atoms with Gasteiger partial charge >= 0.3 is 6.18 Å². The van der Waals surface area contributed by atoms with Gasteiger partial charge in [0.1, 0.15) is 17.3 Å². The number of rotatable bonds is 4. The van der Waals surface area contributed by atoms with E-state index in [0.717, 1.165) is 31.0 Å². The largest absolute Gasteiger partial charge is 0.460 e. The van der Waals surface area contributed by atoms with Gasteiger partial charge in [0, 0.05) is 6.04 Å². The lowest BCUT2D eigenvalue weighted by molar-refractivity contribution is -0.137.